The van der Waals surface area contributed by atoms with Gasteiger partial charge in [-0.2, -0.15) is 0 Å². The van der Waals surface area contributed by atoms with Gasteiger partial charge in [0.15, 0.2) is 0 Å². The lowest BCUT2D eigenvalue weighted by Gasteiger charge is -2.44. The van der Waals surface area contributed by atoms with Crippen molar-refractivity contribution in [1.82, 2.24) is 0 Å². The van der Waals surface area contributed by atoms with Crippen LogP contribution in [0.2, 0.25) is 0 Å². The van der Waals surface area contributed by atoms with Crippen molar-refractivity contribution in [2.45, 2.75) is 58.2 Å². The number of rotatable bonds is 0. The second-order valence-corrected chi connectivity index (χ2v) is 5.10. The summed E-state index contributed by atoms with van der Waals surface area (Å²) in [6.07, 6.45) is -4.05. The average molecular weight is 204 g/mol. The third-order valence-corrected chi connectivity index (χ3v) is 2.71. The third-order valence-electron chi connectivity index (χ3n) is 2.71. The number of aliphatic hydroxyl groups excluding tert-OH is 3. The molecule has 0 aromatic heterocycles. The Bertz CT molecular complexity index is 199. The molecule has 3 N–H and O–H groups in total. The molecular formula is C10H20O4. The van der Waals surface area contributed by atoms with Crippen LogP contribution in [0.3, 0.4) is 0 Å². The summed E-state index contributed by atoms with van der Waals surface area (Å²) in [7, 11) is 0. The largest absolute Gasteiger partial charge is 0.388 e. The van der Waals surface area contributed by atoms with Gasteiger partial charge < -0.3 is 20.1 Å². The zero-order valence-corrected chi connectivity index (χ0v) is 9.14. The highest BCUT2D eigenvalue weighted by Gasteiger charge is 2.46. The van der Waals surface area contributed by atoms with Crippen molar-refractivity contribution in [1.29, 1.82) is 0 Å². The Kier molecular flexibility index (Phi) is 3.21. The highest BCUT2D eigenvalue weighted by Crippen LogP contribution is 2.32. The Labute approximate surface area is 84.5 Å². The molecule has 84 valence electrons. The van der Waals surface area contributed by atoms with Gasteiger partial charge in [0.2, 0.25) is 0 Å². The molecule has 1 aliphatic heterocycles. The molecule has 4 heteroatoms. The van der Waals surface area contributed by atoms with Crippen molar-refractivity contribution in [3.63, 3.8) is 0 Å². The van der Waals surface area contributed by atoms with Gasteiger partial charge in [0.1, 0.15) is 18.3 Å². The summed E-state index contributed by atoms with van der Waals surface area (Å²) in [6, 6.07) is 0. The van der Waals surface area contributed by atoms with Crippen LogP contribution in [0.5, 0.6) is 0 Å². The SMILES string of the molecule is C[C@H]1O[C@H](C(C)(C)C)[C@@H](O)[C@@H](O)[C@@H]1O. The topological polar surface area (TPSA) is 69.9 Å². The van der Waals surface area contributed by atoms with Crippen LogP contribution in [0.1, 0.15) is 27.7 Å². The molecule has 1 saturated heterocycles. The maximum atomic E-state index is 9.73. The monoisotopic (exact) mass is 204 g/mol. The Morgan fingerprint density at radius 3 is 1.86 bits per heavy atom. The lowest BCUT2D eigenvalue weighted by molar-refractivity contribution is -0.239. The minimum absolute atomic E-state index is 0.255. The van der Waals surface area contributed by atoms with E-state index in [4.69, 9.17) is 4.74 Å². The summed E-state index contributed by atoms with van der Waals surface area (Å²) >= 11 is 0. The second-order valence-electron chi connectivity index (χ2n) is 5.10. The van der Waals surface area contributed by atoms with E-state index < -0.39 is 30.5 Å². The van der Waals surface area contributed by atoms with E-state index in [2.05, 4.69) is 0 Å². The Hall–Kier alpha value is -0.160. The highest BCUT2D eigenvalue weighted by molar-refractivity contribution is 4.95. The summed E-state index contributed by atoms with van der Waals surface area (Å²) in [4.78, 5) is 0. The average Bonchev–Trinajstić information content (AvgIpc) is 2.06. The molecule has 1 rings (SSSR count). The first-order valence-electron chi connectivity index (χ1n) is 4.95. The lowest BCUT2D eigenvalue weighted by atomic mass is 9.80. The molecule has 1 heterocycles. The first-order valence-corrected chi connectivity index (χ1v) is 4.95. The van der Waals surface area contributed by atoms with Crippen LogP contribution in [-0.4, -0.2) is 45.8 Å². The summed E-state index contributed by atoms with van der Waals surface area (Å²) in [5, 5.41) is 28.8. The summed E-state index contributed by atoms with van der Waals surface area (Å²) in [5.41, 5.74) is -0.255. The summed E-state index contributed by atoms with van der Waals surface area (Å²) < 4.78 is 5.49. The van der Waals surface area contributed by atoms with E-state index in [9.17, 15) is 15.3 Å². The maximum Gasteiger partial charge on any atom is 0.111 e. The molecule has 4 nitrogen and oxygen atoms in total. The van der Waals surface area contributed by atoms with Gasteiger partial charge in [-0.05, 0) is 12.3 Å². The van der Waals surface area contributed by atoms with Crippen molar-refractivity contribution in [3.05, 3.63) is 0 Å². The van der Waals surface area contributed by atoms with Gasteiger partial charge in [-0.25, -0.2) is 0 Å². The molecule has 0 aliphatic carbocycles. The molecular weight excluding hydrogens is 184 g/mol. The Morgan fingerprint density at radius 2 is 1.43 bits per heavy atom. The Morgan fingerprint density at radius 1 is 0.929 bits per heavy atom. The second kappa shape index (κ2) is 3.77. The molecule has 0 aromatic carbocycles. The number of ether oxygens (including phenoxy) is 1. The van der Waals surface area contributed by atoms with Gasteiger partial charge in [0.05, 0.1) is 12.2 Å². The standard InChI is InChI=1S/C10H20O4/c1-5-6(11)7(12)8(13)9(14-5)10(2,3)4/h5-9,11-13H,1-4H3/t5-,6-,7+,8+,9+/m1/s1. The molecule has 0 saturated carbocycles. The minimum atomic E-state index is -1.12. The Balaban J connectivity index is 2.81. The molecule has 0 amide bonds. The number of hydrogen-bond acceptors (Lipinski definition) is 4. The normalized spacial score (nSPS) is 45.2. The first kappa shape index (κ1) is 11.9. The van der Waals surface area contributed by atoms with Crippen LogP contribution in [0.4, 0.5) is 0 Å². The predicted octanol–water partition coefficient (Wildman–Crippen LogP) is -0.0975. The van der Waals surface area contributed by atoms with Crippen LogP contribution in [0.25, 0.3) is 0 Å². The fraction of sp³-hybridized carbons (Fsp3) is 1.00. The zero-order chi connectivity index (χ0) is 11.1. The van der Waals surface area contributed by atoms with Crippen LogP contribution in [0, 0.1) is 5.41 Å². The minimum Gasteiger partial charge on any atom is -0.388 e. The lowest BCUT2D eigenvalue weighted by Crippen LogP contribution is -2.59. The van der Waals surface area contributed by atoms with Gasteiger partial charge in [-0.3, -0.25) is 0 Å². The van der Waals surface area contributed by atoms with E-state index >= 15 is 0 Å². The fourth-order valence-corrected chi connectivity index (χ4v) is 1.77. The van der Waals surface area contributed by atoms with E-state index in [1.807, 2.05) is 20.8 Å². The van der Waals surface area contributed by atoms with Crippen LogP contribution in [0.15, 0.2) is 0 Å². The van der Waals surface area contributed by atoms with Crippen LogP contribution in [-0.2, 0) is 4.74 Å². The predicted molar refractivity (Wildman–Crippen MR) is 51.8 cm³/mol. The van der Waals surface area contributed by atoms with Crippen molar-refractivity contribution in [2.75, 3.05) is 0 Å². The number of hydrogen-bond donors (Lipinski definition) is 3. The number of aliphatic hydroxyl groups is 3. The molecule has 1 aliphatic rings. The van der Waals surface area contributed by atoms with Gasteiger partial charge >= 0.3 is 0 Å². The third kappa shape index (κ3) is 2.08. The van der Waals surface area contributed by atoms with Gasteiger partial charge in [-0.1, -0.05) is 20.8 Å². The van der Waals surface area contributed by atoms with Crippen molar-refractivity contribution in [3.8, 4) is 0 Å². The van der Waals surface area contributed by atoms with Crippen molar-refractivity contribution >= 4 is 0 Å². The fourth-order valence-electron chi connectivity index (χ4n) is 1.77. The molecule has 0 aromatic rings. The van der Waals surface area contributed by atoms with E-state index in [1.165, 1.54) is 0 Å². The molecule has 14 heavy (non-hydrogen) atoms. The highest BCUT2D eigenvalue weighted by atomic mass is 16.5. The molecule has 0 spiro atoms. The quantitative estimate of drug-likeness (QED) is 0.515. The van der Waals surface area contributed by atoms with Crippen LogP contribution >= 0.6 is 0 Å². The molecule has 0 radical (unpaired) electrons. The molecule has 0 unspecified atom stereocenters. The molecule has 0 bridgehead atoms. The zero-order valence-electron chi connectivity index (χ0n) is 9.14. The van der Waals surface area contributed by atoms with Crippen molar-refractivity contribution in [2.24, 2.45) is 5.41 Å². The smallest absolute Gasteiger partial charge is 0.111 e. The molecule has 1 fully saturated rings. The first-order chi connectivity index (χ1) is 6.25. The molecule has 5 atom stereocenters. The summed E-state index contributed by atoms with van der Waals surface area (Å²) in [5.74, 6) is 0. The van der Waals surface area contributed by atoms with Gasteiger partial charge in [0, 0.05) is 0 Å². The summed E-state index contributed by atoms with van der Waals surface area (Å²) in [6.45, 7) is 7.48. The van der Waals surface area contributed by atoms with Gasteiger partial charge in [0.25, 0.3) is 0 Å². The van der Waals surface area contributed by atoms with Crippen molar-refractivity contribution < 1.29 is 20.1 Å². The van der Waals surface area contributed by atoms with E-state index in [0.29, 0.717) is 0 Å². The van der Waals surface area contributed by atoms with E-state index in [1.54, 1.807) is 6.92 Å². The van der Waals surface area contributed by atoms with E-state index in [-0.39, 0.29) is 5.41 Å². The van der Waals surface area contributed by atoms with Gasteiger partial charge in [-0.15, -0.1) is 0 Å². The van der Waals surface area contributed by atoms with E-state index in [0.717, 1.165) is 0 Å². The van der Waals surface area contributed by atoms with Crippen LogP contribution < -0.4 is 0 Å². The maximum absolute atomic E-state index is 9.73.